The van der Waals surface area contributed by atoms with Gasteiger partial charge in [0.2, 0.25) is 0 Å². The fraction of sp³-hybridized carbons (Fsp3) is 0.731. The van der Waals surface area contributed by atoms with Crippen molar-refractivity contribution in [3.8, 4) is 0 Å². The van der Waals surface area contributed by atoms with Crippen LogP contribution in [0.25, 0.3) is 0 Å². The fourth-order valence-corrected chi connectivity index (χ4v) is 7.24. The van der Waals surface area contributed by atoms with E-state index < -0.39 is 44.7 Å². The van der Waals surface area contributed by atoms with Crippen LogP contribution in [0.15, 0.2) is 72.9 Å². The number of hydrogen-bond donors (Lipinski definition) is 2. The summed E-state index contributed by atoms with van der Waals surface area (Å²) in [6, 6.07) is 0. The Labute approximate surface area is 390 Å². The maximum absolute atomic E-state index is 12.7. The Kier molecular flexibility index (Phi) is 41.2. The molecule has 0 aliphatic rings. The van der Waals surface area contributed by atoms with Crippen LogP contribution in [0.4, 0.5) is 0 Å². The van der Waals surface area contributed by atoms with Gasteiger partial charge >= 0.3 is 11.9 Å². The number of likely N-dealkylation sites (N-methyl/N-ethyl adjacent to an activating group) is 1. The van der Waals surface area contributed by atoms with Gasteiger partial charge in [0, 0.05) is 12.8 Å². The standard InChI is InChI=1S/C52H92NO10P/c1-6-8-10-11-12-13-14-15-16-17-18-19-20-21-22-23-27-30-36-42-51(56)60-46-50(47-62-64(58,59)61-45-44-53(3,4)5)63-52(57)43-37-31-35-41-49(55)40-34-29-26-24-25-28-33-39-48(54)38-32-9-7-2/h9,25-26,28-29,32-35,39-41,48-50,54-55H,6-8,10-24,27,30-31,36-38,42-47H2,1-5H3/b28-25-,29-26-,32-9-,39-33+,40-34+,41-35-/t48-,49-,50+/m0/s1. The molecule has 11 nitrogen and oxygen atoms in total. The average Bonchev–Trinajstić information content (AvgIpc) is 3.24. The molecule has 0 aromatic rings. The first-order chi connectivity index (χ1) is 30.8. The number of unbranched alkanes of at least 4 members (excludes halogenated alkanes) is 19. The van der Waals surface area contributed by atoms with Crippen molar-refractivity contribution in [3.63, 3.8) is 0 Å². The van der Waals surface area contributed by atoms with Gasteiger partial charge in [0.1, 0.15) is 19.8 Å². The molecular weight excluding hydrogens is 830 g/mol. The van der Waals surface area contributed by atoms with Crippen LogP contribution in [-0.2, 0) is 32.7 Å². The molecule has 0 fully saturated rings. The van der Waals surface area contributed by atoms with Gasteiger partial charge in [-0.25, -0.2) is 0 Å². The Morgan fingerprint density at radius 2 is 1.14 bits per heavy atom. The molecule has 0 amide bonds. The van der Waals surface area contributed by atoms with Gasteiger partial charge in [-0.2, -0.15) is 0 Å². The lowest BCUT2D eigenvalue weighted by Gasteiger charge is -2.28. The second kappa shape index (κ2) is 43.0. The van der Waals surface area contributed by atoms with E-state index in [0.29, 0.717) is 43.1 Å². The lowest BCUT2D eigenvalue weighted by Crippen LogP contribution is -2.37. The number of ether oxygens (including phenoxy) is 2. The van der Waals surface area contributed by atoms with Crippen LogP contribution in [0.1, 0.15) is 181 Å². The number of phosphoric acid groups is 1. The summed E-state index contributed by atoms with van der Waals surface area (Å²) in [7, 11) is 1.03. The van der Waals surface area contributed by atoms with Crippen molar-refractivity contribution in [3.05, 3.63) is 72.9 Å². The summed E-state index contributed by atoms with van der Waals surface area (Å²) >= 11 is 0. The minimum absolute atomic E-state index is 0.0371. The number of esters is 2. The monoisotopic (exact) mass is 922 g/mol. The van der Waals surface area contributed by atoms with Crippen LogP contribution in [-0.4, -0.2) is 92.5 Å². The first-order valence-electron chi connectivity index (χ1n) is 24.9. The van der Waals surface area contributed by atoms with Crippen LogP contribution in [0.2, 0.25) is 0 Å². The molecule has 0 rings (SSSR count). The van der Waals surface area contributed by atoms with Gasteiger partial charge < -0.3 is 38.1 Å². The normalized spacial score (nSPS) is 15.1. The molecule has 0 aromatic heterocycles. The number of quaternary nitrogens is 1. The molecule has 0 aliphatic carbocycles. The van der Waals surface area contributed by atoms with Crippen molar-refractivity contribution in [1.29, 1.82) is 0 Å². The number of hydrogen-bond acceptors (Lipinski definition) is 10. The lowest BCUT2D eigenvalue weighted by atomic mass is 10.0. The van der Waals surface area contributed by atoms with E-state index in [-0.39, 0.29) is 26.1 Å². The number of nitrogens with zero attached hydrogens (tertiary/aromatic N) is 1. The third-order valence-corrected chi connectivity index (χ3v) is 11.4. The molecule has 0 spiro atoms. The highest BCUT2D eigenvalue weighted by Crippen LogP contribution is 2.38. The lowest BCUT2D eigenvalue weighted by molar-refractivity contribution is -0.870. The summed E-state index contributed by atoms with van der Waals surface area (Å²) in [5.74, 6) is -1.02. The SMILES string of the molecule is CC/C=C\C[C@H](O)/C=C/C=C\C/C=C\C=C\[C@H](O)/C=C\CCCC(=O)O[C@H](COC(=O)CCCCCCCCCCCCCCCCCCCCC)COP(=O)([O-])OCC[N+](C)(C)C. The molecule has 0 aromatic carbocycles. The zero-order valence-corrected chi connectivity index (χ0v) is 41.8. The van der Waals surface area contributed by atoms with E-state index in [1.54, 1.807) is 30.4 Å². The van der Waals surface area contributed by atoms with Crippen molar-refractivity contribution in [2.24, 2.45) is 0 Å². The Bertz CT molecular complexity index is 1350. The van der Waals surface area contributed by atoms with Crippen LogP contribution in [0.3, 0.4) is 0 Å². The number of rotatable bonds is 44. The van der Waals surface area contributed by atoms with Crippen molar-refractivity contribution in [1.82, 2.24) is 0 Å². The zero-order valence-electron chi connectivity index (χ0n) is 40.9. The molecule has 0 saturated carbocycles. The highest BCUT2D eigenvalue weighted by molar-refractivity contribution is 7.45. The van der Waals surface area contributed by atoms with E-state index in [9.17, 15) is 29.3 Å². The van der Waals surface area contributed by atoms with E-state index in [4.69, 9.17) is 18.5 Å². The van der Waals surface area contributed by atoms with E-state index in [1.165, 1.54) is 96.3 Å². The number of carbonyl (C=O) groups excluding carboxylic acids is 2. The second-order valence-electron chi connectivity index (χ2n) is 17.9. The first-order valence-corrected chi connectivity index (χ1v) is 26.3. The molecule has 370 valence electrons. The molecule has 0 aliphatic heterocycles. The van der Waals surface area contributed by atoms with Gasteiger partial charge in [0.15, 0.2) is 6.10 Å². The van der Waals surface area contributed by atoms with Crippen LogP contribution in [0, 0.1) is 0 Å². The summed E-state index contributed by atoms with van der Waals surface area (Å²) in [6.07, 6.45) is 47.2. The topological polar surface area (TPSA) is 152 Å². The number of aliphatic hydroxyl groups excluding tert-OH is 2. The Morgan fingerprint density at radius 3 is 1.69 bits per heavy atom. The summed E-state index contributed by atoms with van der Waals surface area (Å²) in [5.41, 5.74) is 0. The number of phosphoric ester groups is 1. The smallest absolute Gasteiger partial charge is 0.306 e. The van der Waals surface area contributed by atoms with Gasteiger partial charge in [0.05, 0.1) is 40.0 Å². The summed E-state index contributed by atoms with van der Waals surface area (Å²) in [5, 5.41) is 20.1. The maximum atomic E-state index is 12.7. The summed E-state index contributed by atoms with van der Waals surface area (Å²) < 4.78 is 33.8. The second-order valence-corrected chi connectivity index (χ2v) is 19.3. The Morgan fingerprint density at radius 1 is 0.609 bits per heavy atom. The molecule has 2 N–H and O–H groups in total. The zero-order chi connectivity index (χ0) is 47.4. The minimum atomic E-state index is -4.69. The largest absolute Gasteiger partial charge is 0.756 e. The maximum Gasteiger partial charge on any atom is 0.306 e. The van der Waals surface area contributed by atoms with Crippen LogP contribution >= 0.6 is 7.82 Å². The summed E-state index contributed by atoms with van der Waals surface area (Å²) in [4.78, 5) is 37.7. The molecule has 0 radical (unpaired) electrons. The molecule has 4 atom stereocenters. The van der Waals surface area contributed by atoms with E-state index in [1.807, 2.05) is 63.7 Å². The molecule has 64 heavy (non-hydrogen) atoms. The third kappa shape index (κ3) is 45.9. The third-order valence-electron chi connectivity index (χ3n) is 10.4. The predicted octanol–water partition coefficient (Wildman–Crippen LogP) is 11.9. The van der Waals surface area contributed by atoms with Crippen molar-refractivity contribution < 1.29 is 52.3 Å². The fourth-order valence-electron chi connectivity index (χ4n) is 6.51. The van der Waals surface area contributed by atoms with Crippen molar-refractivity contribution in [2.45, 2.75) is 199 Å². The Hall–Kier alpha value is -2.63. The summed E-state index contributed by atoms with van der Waals surface area (Å²) in [6.45, 7) is 3.82. The molecule has 12 heteroatoms. The highest BCUT2D eigenvalue weighted by Gasteiger charge is 2.21. The van der Waals surface area contributed by atoms with Crippen molar-refractivity contribution in [2.75, 3.05) is 47.5 Å². The van der Waals surface area contributed by atoms with E-state index >= 15 is 0 Å². The molecule has 0 heterocycles. The van der Waals surface area contributed by atoms with E-state index in [0.717, 1.165) is 25.7 Å². The highest BCUT2D eigenvalue weighted by atomic mass is 31.2. The van der Waals surface area contributed by atoms with Crippen LogP contribution in [0.5, 0.6) is 0 Å². The van der Waals surface area contributed by atoms with Gasteiger partial charge in [0.25, 0.3) is 7.82 Å². The van der Waals surface area contributed by atoms with Gasteiger partial charge in [-0.15, -0.1) is 0 Å². The number of carbonyl (C=O) groups is 2. The quantitative estimate of drug-likeness (QED) is 0.0151. The van der Waals surface area contributed by atoms with Gasteiger partial charge in [-0.3, -0.25) is 14.2 Å². The average molecular weight is 922 g/mol. The number of allylic oxidation sites excluding steroid dienone is 8. The van der Waals surface area contributed by atoms with Crippen molar-refractivity contribution >= 4 is 19.8 Å². The van der Waals surface area contributed by atoms with Gasteiger partial charge in [-0.05, 0) is 38.5 Å². The molecule has 0 bridgehead atoms. The molecule has 1 unspecified atom stereocenters. The van der Waals surface area contributed by atoms with Gasteiger partial charge in [-0.1, -0.05) is 202 Å². The van der Waals surface area contributed by atoms with E-state index in [2.05, 4.69) is 13.8 Å². The van der Waals surface area contributed by atoms with Crippen LogP contribution < -0.4 is 4.89 Å². The first kappa shape index (κ1) is 61.4. The molecule has 0 saturated heterocycles. The predicted molar refractivity (Wildman–Crippen MR) is 261 cm³/mol. The number of aliphatic hydroxyl groups is 2. The Balaban J connectivity index is 4.51. The molecular formula is C52H92NO10P. The minimum Gasteiger partial charge on any atom is -0.756 e.